The lowest BCUT2D eigenvalue weighted by Gasteiger charge is -2.41. The molecule has 6 rings (SSSR count). The largest absolute Gasteiger partial charge is 0.361 e. The van der Waals surface area contributed by atoms with Crippen LogP contribution < -0.4 is 21.3 Å². The van der Waals surface area contributed by atoms with Gasteiger partial charge in [0.05, 0.1) is 0 Å². The molecule has 0 spiro atoms. The van der Waals surface area contributed by atoms with E-state index in [0.717, 1.165) is 55.8 Å². The van der Waals surface area contributed by atoms with Gasteiger partial charge >= 0.3 is 0 Å². The maximum Gasteiger partial charge on any atom is 0.257 e. The van der Waals surface area contributed by atoms with Crippen molar-refractivity contribution < 1.29 is 19.2 Å². The van der Waals surface area contributed by atoms with Crippen molar-refractivity contribution in [3.8, 4) is 0 Å². The van der Waals surface area contributed by atoms with E-state index in [1.54, 1.807) is 0 Å². The van der Waals surface area contributed by atoms with E-state index in [-0.39, 0.29) is 25.9 Å². The second kappa shape index (κ2) is 15.4. The molecule has 0 aliphatic carbocycles. The molecule has 10 nitrogen and oxygen atoms in total. The number of benzene rings is 4. The van der Waals surface area contributed by atoms with Crippen molar-refractivity contribution in [2.45, 2.75) is 49.5 Å². The number of hydrogen-bond acceptors (Lipinski definition) is 5. The number of aromatic amines is 2. The van der Waals surface area contributed by atoms with Crippen molar-refractivity contribution in [2.75, 3.05) is 0 Å². The molecule has 0 radical (unpaired) electrons. The number of nitrogens with one attached hydrogen (secondary N) is 6. The van der Waals surface area contributed by atoms with Crippen LogP contribution in [0.5, 0.6) is 0 Å². The number of H-pyrrole nitrogens is 2. The normalized spacial score (nSPS) is 13.5. The molecule has 4 amide bonds. The smallest absolute Gasteiger partial charge is 0.257 e. The summed E-state index contributed by atoms with van der Waals surface area (Å²) in [5.41, 5.74) is 4.91. The molecular weight excluding hydrogens is 661 g/mol. The molecule has 0 aliphatic rings. The maximum atomic E-state index is 14.8. The van der Waals surface area contributed by atoms with Gasteiger partial charge in [0.2, 0.25) is 11.8 Å². The van der Waals surface area contributed by atoms with E-state index in [4.69, 9.17) is 0 Å². The third kappa shape index (κ3) is 8.16. The van der Waals surface area contributed by atoms with Gasteiger partial charge in [-0.2, -0.15) is 0 Å². The molecule has 0 bridgehead atoms. The van der Waals surface area contributed by atoms with Gasteiger partial charge in [-0.05, 0) is 34.4 Å². The Labute approximate surface area is 300 Å². The number of carbonyl (C=O) groups excluding carboxylic acids is 4. The number of thioether (sulfide) groups is 1. The summed E-state index contributed by atoms with van der Waals surface area (Å²) in [5.74, 6) is -2.01. The van der Waals surface area contributed by atoms with Gasteiger partial charge in [-0.3, -0.25) is 19.2 Å². The number of amides is 4. The average molecular weight is 701 g/mol. The Balaban J connectivity index is 1.50. The highest BCUT2D eigenvalue weighted by atomic mass is 32.2. The molecule has 2 unspecified atom stereocenters. The number of aromatic nitrogens is 2. The summed E-state index contributed by atoms with van der Waals surface area (Å²) >= 11 is 0.926. The predicted molar refractivity (Wildman–Crippen MR) is 201 cm³/mol. The molecule has 0 aliphatic heterocycles. The van der Waals surface area contributed by atoms with Crippen LogP contribution in [0.3, 0.4) is 0 Å². The van der Waals surface area contributed by atoms with Crippen molar-refractivity contribution in [3.05, 3.63) is 144 Å². The summed E-state index contributed by atoms with van der Waals surface area (Å²) in [6.45, 7) is 3.02. The summed E-state index contributed by atoms with van der Waals surface area (Å²) < 4.78 is 0. The Kier molecular flexibility index (Phi) is 10.6. The number of carbonyl (C=O) groups is 4. The molecule has 4 aromatic carbocycles. The van der Waals surface area contributed by atoms with Crippen molar-refractivity contribution in [3.63, 3.8) is 0 Å². The second-order valence-corrected chi connectivity index (χ2v) is 14.1. The molecule has 0 fully saturated rings. The molecule has 2 heterocycles. The van der Waals surface area contributed by atoms with Crippen LogP contribution in [0, 0.1) is 0 Å². The van der Waals surface area contributed by atoms with Crippen LogP contribution in [0.4, 0.5) is 0 Å². The van der Waals surface area contributed by atoms with E-state index in [9.17, 15) is 19.2 Å². The van der Waals surface area contributed by atoms with E-state index in [0.29, 0.717) is 0 Å². The van der Waals surface area contributed by atoms with Crippen LogP contribution in [-0.4, -0.2) is 43.3 Å². The van der Waals surface area contributed by atoms with Gasteiger partial charge in [0.1, 0.15) is 0 Å². The van der Waals surface area contributed by atoms with Gasteiger partial charge < -0.3 is 31.2 Å². The van der Waals surface area contributed by atoms with Crippen LogP contribution in [-0.2, 0) is 45.1 Å². The summed E-state index contributed by atoms with van der Waals surface area (Å²) in [7, 11) is 0. The lowest BCUT2D eigenvalue weighted by Crippen LogP contribution is -2.65. The van der Waals surface area contributed by atoms with E-state index >= 15 is 0 Å². The highest BCUT2D eigenvalue weighted by Crippen LogP contribution is 2.41. The summed E-state index contributed by atoms with van der Waals surface area (Å²) in [5, 5.41) is 13.7. The molecule has 2 aromatic heterocycles. The van der Waals surface area contributed by atoms with Crippen LogP contribution >= 0.6 is 11.8 Å². The van der Waals surface area contributed by atoms with Gasteiger partial charge in [-0.1, -0.05) is 109 Å². The summed E-state index contributed by atoms with van der Waals surface area (Å²) in [4.78, 5) is 59.0. The third-order valence-electron chi connectivity index (χ3n) is 8.66. The quantitative estimate of drug-likeness (QED) is 0.0835. The zero-order chi connectivity index (χ0) is 35.8. The molecular formula is C40H40N6O4S. The van der Waals surface area contributed by atoms with E-state index < -0.39 is 33.4 Å². The lowest BCUT2D eigenvalue weighted by molar-refractivity contribution is -0.130. The molecule has 0 saturated carbocycles. The van der Waals surface area contributed by atoms with E-state index in [1.807, 2.05) is 122 Å². The van der Waals surface area contributed by atoms with Crippen molar-refractivity contribution in [1.82, 2.24) is 31.2 Å². The first-order valence-corrected chi connectivity index (χ1v) is 17.5. The fourth-order valence-electron chi connectivity index (χ4n) is 6.38. The summed E-state index contributed by atoms with van der Waals surface area (Å²) in [6.07, 6.45) is 3.59. The first-order chi connectivity index (χ1) is 24.7. The fourth-order valence-corrected chi connectivity index (χ4v) is 8.15. The third-order valence-corrected chi connectivity index (χ3v) is 10.2. The van der Waals surface area contributed by atoms with Crippen LogP contribution in [0.1, 0.15) is 36.1 Å². The molecule has 2 atom stereocenters. The van der Waals surface area contributed by atoms with Gasteiger partial charge in [-0.15, -0.1) is 0 Å². The van der Waals surface area contributed by atoms with Crippen LogP contribution in [0.25, 0.3) is 21.8 Å². The monoisotopic (exact) mass is 700 g/mol. The minimum absolute atomic E-state index is 0.0108. The Bertz CT molecular complexity index is 2010. The number of rotatable bonds is 14. The van der Waals surface area contributed by atoms with E-state index in [1.165, 1.54) is 13.8 Å². The van der Waals surface area contributed by atoms with Gasteiger partial charge in [0, 0.05) is 74.0 Å². The van der Waals surface area contributed by atoms with E-state index in [2.05, 4.69) is 31.2 Å². The lowest BCUT2D eigenvalue weighted by atomic mass is 10.0. The Morgan fingerprint density at radius 1 is 0.549 bits per heavy atom. The first-order valence-electron chi connectivity index (χ1n) is 16.7. The molecule has 51 heavy (non-hydrogen) atoms. The van der Waals surface area contributed by atoms with Crippen molar-refractivity contribution in [2.24, 2.45) is 0 Å². The van der Waals surface area contributed by atoms with Gasteiger partial charge in [-0.25, -0.2) is 0 Å². The zero-order valence-corrected chi connectivity index (χ0v) is 29.2. The van der Waals surface area contributed by atoms with Gasteiger partial charge in [0.15, 0.2) is 9.74 Å². The molecule has 0 saturated heterocycles. The Morgan fingerprint density at radius 3 is 1.31 bits per heavy atom. The van der Waals surface area contributed by atoms with Gasteiger partial charge in [0.25, 0.3) is 11.8 Å². The fraction of sp³-hybridized carbons (Fsp3) is 0.200. The Morgan fingerprint density at radius 2 is 0.922 bits per heavy atom. The minimum atomic E-state index is -1.79. The Hall–Kier alpha value is -5.81. The average Bonchev–Trinajstić information content (AvgIpc) is 3.73. The SMILES string of the molecule is CC(=O)NC(Cc1c[nH]c2ccccc12)(SC(Cc1c[nH]c2ccccc12)(NC(C)=O)C(=O)NCc1ccccc1)C(=O)NCc1ccccc1. The van der Waals surface area contributed by atoms with Crippen LogP contribution in [0.15, 0.2) is 122 Å². The number of para-hydroxylation sites is 2. The molecule has 260 valence electrons. The maximum absolute atomic E-state index is 14.8. The molecule has 6 aromatic rings. The molecule has 11 heteroatoms. The molecule has 6 N–H and O–H groups in total. The van der Waals surface area contributed by atoms with Crippen molar-refractivity contribution in [1.29, 1.82) is 0 Å². The standard InChI is InChI=1S/C40H40N6O4S/c1-27(47)45-39(37(49)43-23-29-13-5-3-6-14-29,21-31-25-41-35-19-11-9-17-33(31)35)51-40(46-28(2)48,38(50)44-24-30-15-7-4-8-16-30)22-32-26-42-36-20-12-10-18-34(32)36/h3-20,25-26,41-42H,21-24H2,1-2H3,(H,43,49)(H,44,50)(H,45,47)(H,46,48). The minimum Gasteiger partial charge on any atom is -0.361 e. The number of fused-ring (bicyclic) bond motifs is 2. The first kappa shape index (κ1) is 35.0. The second-order valence-electron chi connectivity index (χ2n) is 12.5. The number of hydrogen-bond donors (Lipinski definition) is 6. The van der Waals surface area contributed by atoms with Crippen LogP contribution in [0.2, 0.25) is 0 Å². The summed E-state index contributed by atoms with van der Waals surface area (Å²) in [6, 6.07) is 34.2. The predicted octanol–water partition coefficient (Wildman–Crippen LogP) is 5.47. The topological polar surface area (TPSA) is 148 Å². The van der Waals surface area contributed by atoms with Crippen molar-refractivity contribution >= 4 is 57.2 Å². The zero-order valence-electron chi connectivity index (χ0n) is 28.4. The highest BCUT2D eigenvalue weighted by molar-refractivity contribution is 8.03. The highest BCUT2D eigenvalue weighted by Gasteiger charge is 2.52.